The van der Waals surface area contributed by atoms with Gasteiger partial charge in [0.2, 0.25) is 0 Å². The van der Waals surface area contributed by atoms with Gasteiger partial charge in [-0.2, -0.15) is 0 Å². The van der Waals surface area contributed by atoms with E-state index in [1.54, 1.807) is 24.3 Å². The van der Waals surface area contributed by atoms with Crippen molar-refractivity contribution in [2.24, 2.45) is 0 Å². The van der Waals surface area contributed by atoms with Crippen LogP contribution in [0, 0.1) is 11.6 Å². The number of nitrogens with one attached hydrogen (secondary N) is 1. The summed E-state index contributed by atoms with van der Waals surface area (Å²) >= 11 is 3.07. The van der Waals surface area contributed by atoms with Crippen molar-refractivity contribution in [2.75, 3.05) is 11.9 Å². The molecule has 2 N–H and O–H groups in total. The Balaban J connectivity index is 2.22. The van der Waals surface area contributed by atoms with Gasteiger partial charge in [-0.15, -0.1) is 0 Å². The van der Waals surface area contributed by atoms with E-state index in [9.17, 15) is 13.9 Å². The SMILES string of the molecule is OCC(Nc1cccc(F)c1)c1ccc(Br)c(F)c1. The second kappa shape index (κ2) is 6.12. The van der Waals surface area contributed by atoms with Gasteiger partial charge < -0.3 is 10.4 Å². The van der Waals surface area contributed by atoms with Crippen molar-refractivity contribution in [2.45, 2.75) is 6.04 Å². The molecule has 0 aliphatic carbocycles. The van der Waals surface area contributed by atoms with Crippen LogP contribution in [0.1, 0.15) is 11.6 Å². The zero-order valence-corrected chi connectivity index (χ0v) is 11.5. The smallest absolute Gasteiger partial charge is 0.137 e. The van der Waals surface area contributed by atoms with E-state index in [1.165, 1.54) is 18.2 Å². The van der Waals surface area contributed by atoms with Crippen molar-refractivity contribution in [3.8, 4) is 0 Å². The monoisotopic (exact) mass is 327 g/mol. The summed E-state index contributed by atoms with van der Waals surface area (Å²) in [5.41, 5.74) is 1.12. The Morgan fingerprint density at radius 2 is 1.95 bits per heavy atom. The lowest BCUT2D eigenvalue weighted by Gasteiger charge is -2.18. The van der Waals surface area contributed by atoms with Gasteiger partial charge in [0.25, 0.3) is 0 Å². The van der Waals surface area contributed by atoms with Crippen molar-refractivity contribution in [3.05, 3.63) is 64.1 Å². The first-order valence-corrected chi connectivity index (χ1v) is 6.47. The summed E-state index contributed by atoms with van der Waals surface area (Å²) in [4.78, 5) is 0. The molecule has 0 aromatic heterocycles. The molecule has 2 rings (SSSR count). The molecule has 0 heterocycles. The molecule has 1 unspecified atom stereocenters. The van der Waals surface area contributed by atoms with Crippen LogP contribution >= 0.6 is 15.9 Å². The third kappa shape index (κ3) is 3.52. The molecule has 2 aromatic carbocycles. The number of halogens is 3. The molecular formula is C14H12BrF2NO. The summed E-state index contributed by atoms with van der Waals surface area (Å²) in [6, 6.07) is 9.99. The molecule has 0 spiro atoms. The van der Waals surface area contributed by atoms with Crippen LogP contribution in [-0.4, -0.2) is 11.7 Å². The Hall–Kier alpha value is -1.46. The fourth-order valence-electron chi connectivity index (χ4n) is 1.74. The highest BCUT2D eigenvalue weighted by molar-refractivity contribution is 9.10. The molecular weight excluding hydrogens is 316 g/mol. The highest BCUT2D eigenvalue weighted by Crippen LogP contribution is 2.23. The summed E-state index contributed by atoms with van der Waals surface area (Å²) in [7, 11) is 0. The van der Waals surface area contributed by atoms with Crippen molar-refractivity contribution >= 4 is 21.6 Å². The zero-order chi connectivity index (χ0) is 13.8. The van der Waals surface area contributed by atoms with E-state index in [0.717, 1.165) is 0 Å². The molecule has 0 radical (unpaired) electrons. The molecule has 0 aliphatic rings. The van der Waals surface area contributed by atoms with Gasteiger partial charge in [0.1, 0.15) is 11.6 Å². The topological polar surface area (TPSA) is 32.3 Å². The van der Waals surface area contributed by atoms with Gasteiger partial charge in [-0.05, 0) is 51.8 Å². The lowest BCUT2D eigenvalue weighted by Crippen LogP contribution is -2.15. The van der Waals surface area contributed by atoms with E-state index in [-0.39, 0.29) is 12.4 Å². The summed E-state index contributed by atoms with van der Waals surface area (Å²) in [6.07, 6.45) is 0. The Kier molecular flexibility index (Phi) is 4.50. The Morgan fingerprint density at radius 1 is 1.16 bits per heavy atom. The Labute approximate surface area is 118 Å². The van der Waals surface area contributed by atoms with Crippen molar-refractivity contribution < 1.29 is 13.9 Å². The van der Waals surface area contributed by atoms with E-state index in [2.05, 4.69) is 21.2 Å². The van der Waals surface area contributed by atoms with E-state index < -0.39 is 11.9 Å². The van der Waals surface area contributed by atoms with Crippen LogP contribution in [0.25, 0.3) is 0 Å². The number of aliphatic hydroxyl groups excluding tert-OH is 1. The van der Waals surface area contributed by atoms with Crippen LogP contribution in [0.5, 0.6) is 0 Å². The van der Waals surface area contributed by atoms with Gasteiger partial charge in [-0.1, -0.05) is 12.1 Å². The molecule has 0 saturated heterocycles. The highest BCUT2D eigenvalue weighted by Gasteiger charge is 2.12. The van der Waals surface area contributed by atoms with Crippen LogP contribution in [0.15, 0.2) is 46.9 Å². The average Bonchev–Trinajstić information content (AvgIpc) is 2.39. The fraction of sp³-hybridized carbons (Fsp3) is 0.143. The quantitative estimate of drug-likeness (QED) is 0.893. The largest absolute Gasteiger partial charge is 0.394 e. The molecule has 0 bridgehead atoms. The van der Waals surface area contributed by atoms with Gasteiger partial charge in [0.05, 0.1) is 17.1 Å². The maximum Gasteiger partial charge on any atom is 0.137 e. The Morgan fingerprint density at radius 3 is 2.58 bits per heavy atom. The third-order valence-electron chi connectivity index (χ3n) is 2.69. The lowest BCUT2D eigenvalue weighted by molar-refractivity contribution is 0.276. The fourth-order valence-corrected chi connectivity index (χ4v) is 1.99. The van der Waals surface area contributed by atoms with E-state index >= 15 is 0 Å². The molecule has 0 aliphatic heterocycles. The van der Waals surface area contributed by atoms with Crippen molar-refractivity contribution in [1.29, 1.82) is 0 Å². The summed E-state index contributed by atoms with van der Waals surface area (Å²) in [6.45, 7) is -0.225. The molecule has 1 atom stereocenters. The third-order valence-corrected chi connectivity index (χ3v) is 3.34. The summed E-state index contributed by atoms with van der Waals surface area (Å²) in [5.74, 6) is -0.777. The molecule has 2 aromatic rings. The first kappa shape index (κ1) is 14.0. The van der Waals surface area contributed by atoms with Crippen molar-refractivity contribution in [3.63, 3.8) is 0 Å². The predicted molar refractivity (Wildman–Crippen MR) is 73.9 cm³/mol. The minimum absolute atomic E-state index is 0.225. The van der Waals surface area contributed by atoms with E-state index in [0.29, 0.717) is 15.7 Å². The normalized spacial score (nSPS) is 12.2. The van der Waals surface area contributed by atoms with Gasteiger partial charge in [-0.25, -0.2) is 8.78 Å². The second-order valence-electron chi connectivity index (χ2n) is 4.06. The van der Waals surface area contributed by atoms with Crippen LogP contribution in [0.3, 0.4) is 0 Å². The minimum Gasteiger partial charge on any atom is -0.394 e. The van der Waals surface area contributed by atoms with Crippen LogP contribution in [0.2, 0.25) is 0 Å². The second-order valence-corrected chi connectivity index (χ2v) is 4.92. The maximum absolute atomic E-state index is 13.5. The molecule has 0 saturated carbocycles. The van der Waals surface area contributed by atoms with Crippen molar-refractivity contribution in [1.82, 2.24) is 0 Å². The first-order valence-electron chi connectivity index (χ1n) is 5.68. The minimum atomic E-state index is -0.496. The van der Waals surface area contributed by atoms with Gasteiger partial charge in [0.15, 0.2) is 0 Å². The number of benzene rings is 2. The first-order chi connectivity index (χ1) is 9.10. The zero-order valence-electron chi connectivity index (χ0n) is 9.91. The summed E-state index contributed by atoms with van der Waals surface area (Å²) < 4.78 is 26.9. The predicted octanol–water partition coefficient (Wildman–Crippen LogP) is 3.87. The molecule has 0 amide bonds. The lowest BCUT2D eigenvalue weighted by atomic mass is 10.1. The molecule has 19 heavy (non-hydrogen) atoms. The Bertz CT molecular complexity index is 577. The van der Waals surface area contributed by atoms with E-state index in [4.69, 9.17) is 0 Å². The molecule has 100 valence electrons. The molecule has 0 fully saturated rings. The maximum atomic E-state index is 13.5. The van der Waals surface area contributed by atoms with Crippen LogP contribution < -0.4 is 5.32 Å². The summed E-state index contributed by atoms with van der Waals surface area (Å²) in [5, 5.41) is 12.3. The number of rotatable bonds is 4. The number of anilines is 1. The highest BCUT2D eigenvalue weighted by atomic mass is 79.9. The van der Waals surface area contributed by atoms with E-state index in [1.807, 2.05) is 0 Å². The number of hydrogen-bond acceptors (Lipinski definition) is 2. The van der Waals surface area contributed by atoms with Gasteiger partial charge in [0, 0.05) is 5.69 Å². The van der Waals surface area contributed by atoms with Crippen LogP contribution in [0.4, 0.5) is 14.5 Å². The average molecular weight is 328 g/mol. The molecule has 5 heteroatoms. The number of aliphatic hydroxyl groups is 1. The molecule has 2 nitrogen and oxygen atoms in total. The van der Waals surface area contributed by atoms with Gasteiger partial charge >= 0.3 is 0 Å². The van der Waals surface area contributed by atoms with Crippen LogP contribution in [-0.2, 0) is 0 Å². The van der Waals surface area contributed by atoms with Gasteiger partial charge in [-0.3, -0.25) is 0 Å². The number of hydrogen-bond donors (Lipinski definition) is 2. The standard InChI is InChI=1S/C14H12BrF2NO/c15-12-5-4-9(6-13(12)17)14(8-19)18-11-3-1-2-10(16)7-11/h1-7,14,18-19H,8H2.